The number of carbonyl (C=O) groups excluding carboxylic acids is 1. The van der Waals surface area contributed by atoms with Gasteiger partial charge in [0, 0.05) is 29.7 Å². The number of H-pyrrole nitrogens is 1. The fraction of sp³-hybridized carbons (Fsp3) is 0.273. The summed E-state index contributed by atoms with van der Waals surface area (Å²) in [4.78, 5) is 14.9. The summed E-state index contributed by atoms with van der Waals surface area (Å²) in [5.74, 6) is 0.987. The SMILES string of the molecule is Cc1ccccc1C1CCN(C(=O)c2cc(-c3ccccc3)n[nH]2)CCS1. The Labute approximate surface area is 164 Å². The maximum Gasteiger partial charge on any atom is 0.271 e. The second kappa shape index (κ2) is 8.01. The Kier molecular flexibility index (Phi) is 5.30. The van der Waals surface area contributed by atoms with Gasteiger partial charge in [-0.1, -0.05) is 54.6 Å². The lowest BCUT2D eigenvalue weighted by atomic mass is 10.0. The standard InChI is InChI=1S/C22H23N3OS/c1-16-7-5-6-10-18(16)21-11-12-25(13-14-27-21)22(26)20-15-19(23-24-20)17-8-3-2-4-9-17/h2-10,15,21H,11-14H2,1H3,(H,23,24). The van der Waals surface area contributed by atoms with Crippen LogP contribution in [0.25, 0.3) is 11.3 Å². The van der Waals surface area contributed by atoms with Gasteiger partial charge >= 0.3 is 0 Å². The Bertz CT molecular complexity index is 922. The molecule has 0 spiro atoms. The molecule has 1 aliphatic rings. The van der Waals surface area contributed by atoms with E-state index in [2.05, 4.69) is 41.4 Å². The highest BCUT2D eigenvalue weighted by molar-refractivity contribution is 7.99. The first-order valence-electron chi connectivity index (χ1n) is 9.29. The van der Waals surface area contributed by atoms with E-state index in [1.807, 2.05) is 53.1 Å². The molecular weight excluding hydrogens is 354 g/mol. The van der Waals surface area contributed by atoms with E-state index in [0.717, 1.165) is 36.5 Å². The van der Waals surface area contributed by atoms with E-state index >= 15 is 0 Å². The molecular formula is C22H23N3OS. The molecule has 1 aliphatic heterocycles. The van der Waals surface area contributed by atoms with Crippen molar-refractivity contribution in [2.24, 2.45) is 0 Å². The highest BCUT2D eigenvalue weighted by Crippen LogP contribution is 2.36. The molecule has 0 bridgehead atoms. The van der Waals surface area contributed by atoms with Gasteiger partial charge in [-0.15, -0.1) is 0 Å². The lowest BCUT2D eigenvalue weighted by Crippen LogP contribution is -2.33. The van der Waals surface area contributed by atoms with Crippen LogP contribution in [0.5, 0.6) is 0 Å². The van der Waals surface area contributed by atoms with Gasteiger partial charge in [0.05, 0.1) is 5.69 Å². The molecule has 3 aromatic rings. The third-order valence-electron chi connectivity index (χ3n) is 5.04. The third-order valence-corrected chi connectivity index (χ3v) is 6.35. The largest absolute Gasteiger partial charge is 0.336 e. The van der Waals surface area contributed by atoms with E-state index in [-0.39, 0.29) is 5.91 Å². The first kappa shape index (κ1) is 17.9. The number of carbonyl (C=O) groups is 1. The molecule has 1 atom stereocenters. The van der Waals surface area contributed by atoms with Gasteiger partial charge in [-0.2, -0.15) is 16.9 Å². The summed E-state index contributed by atoms with van der Waals surface area (Å²) >= 11 is 1.95. The summed E-state index contributed by atoms with van der Waals surface area (Å²) in [7, 11) is 0. The van der Waals surface area contributed by atoms with E-state index in [0.29, 0.717) is 10.9 Å². The second-order valence-corrected chi connectivity index (χ2v) is 8.14. The monoisotopic (exact) mass is 377 g/mol. The van der Waals surface area contributed by atoms with Crippen LogP contribution in [0.15, 0.2) is 60.7 Å². The van der Waals surface area contributed by atoms with Crippen LogP contribution >= 0.6 is 11.8 Å². The van der Waals surface area contributed by atoms with Gasteiger partial charge in [0.25, 0.3) is 5.91 Å². The van der Waals surface area contributed by atoms with Gasteiger partial charge in [0.15, 0.2) is 0 Å². The number of aromatic nitrogens is 2. The summed E-state index contributed by atoms with van der Waals surface area (Å²) in [6, 6.07) is 20.3. The molecule has 5 heteroatoms. The average molecular weight is 378 g/mol. The van der Waals surface area contributed by atoms with Crippen molar-refractivity contribution in [1.29, 1.82) is 0 Å². The number of nitrogens with zero attached hydrogens (tertiary/aromatic N) is 2. The first-order chi connectivity index (χ1) is 13.2. The Morgan fingerprint density at radius 2 is 1.89 bits per heavy atom. The molecule has 2 heterocycles. The molecule has 4 nitrogen and oxygen atoms in total. The van der Waals surface area contributed by atoms with Gasteiger partial charge in [0.1, 0.15) is 5.69 Å². The average Bonchev–Trinajstić information content (AvgIpc) is 3.07. The van der Waals surface area contributed by atoms with Crippen molar-refractivity contribution < 1.29 is 4.79 Å². The van der Waals surface area contributed by atoms with Crippen LogP contribution in [-0.4, -0.2) is 39.8 Å². The van der Waals surface area contributed by atoms with Crippen molar-refractivity contribution in [3.8, 4) is 11.3 Å². The lowest BCUT2D eigenvalue weighted by Gasteiger charge is -2.19. The number of hydrogen-bond acceptors (Lipinski definition) is 3. The fourth-order valence-corrected chi connectivity index (χ4v) is 4.85. The normalized spacial score (nSPS) is 17.5. The summed E-state index contributed by atoms with van der Waals surface area (Å²) in [6.45, 7) is 3.70. The molecule has 1 amide bonds. The molecule has 4 rings (SSSR count). The molecule has 0 aliphatic carbocycles. The Hall–Kier alpha value is -2.53. The van der Waals surface area contributed by atoms with Gasteiger partial charge in [-0.25, -0.2) is 0 Å². The highest BCUT2D eigenvalue weighted by Gasteiger charge is 2.24. The lowest BCUT2D eigenvalue weighted by molar-refractivity contribution is 0.0760. The van der Waals surface area contributed by atoms with Crippen molar-refractivity contribution in [3.63, 3.8) is 0 Å². The molecule has 1 unspecified atom stereocenters. The van der Waals surface area contributed by atoms with Crippen LogP contribution in [0.1, 0.15) is 33.3 Å². The van der Waals surface area contributed by atoms with E-state index in [9.17, 15) is 4.79 Å². The fourth-order valence-electron chi connectivity index (χ4n) is 3.53. The van der Waals surface area contributed by atoms with Gasteiger partial charge in [0.2, 0.25) is 0 Å². The van der Waals surface area contributed by atoms with Gasteiger partial charge in [-0.05, 0) is 30.5 Å². The van der Waals surface area contributed by atoms with E-state index in [4.69, 9.17) is 0 Å². The molecule has 138 valence electrons. The van der Waals surface area contributed by atoms with Crippen LogP contribution in [0, 0.1) is 6.92 Å². The number of thioether (sulfide) groups is 1. The van der Waals surface area contributed by atoms with Crippen LogP contribution in [0.4, 0.5) is 0 Å². The quantitative estimate of drug-likeness (QED) is 0.719. The smallest absolute Gasteiger partial charge is 0.271 e. The van der Waals surface area contributed by atoms with Crippen molar-refractivity contribution in [1.82, 2.24) is 15.1 Å². The molecule has 1 fully saturated rings. The number of rotatable bonds is 3. The number of aryl methyl sites for hydroxylation is 1. The van der Waals surface area contributed by atoms with Crippen molar-refractivity contribution in [2.45, 2.75) is 18.6 Å². The Morgan fingerprint density at radius 1 is 1.11 bits per heavy atom. The summed E-state index contributed by atoms with van der Waals surface area (Å²) in [5.41, 5.74) is 5.11. The number of aromatic amines is 1. The van der Waals surface area contributed by atoms with Crippen molar-refractivity contribution in [3.05, 3.63) is 77.5 Å². The summed E-state index contributed by atoms with van der Waals surface area (Å²) < 4.78 is 0. The number of benzene rings is 2. The molecule has 1 aromatic heterocycles. The zero-order valence-electron chi connectivity index (χ0n) is 15.4. The minimum atomic E-state index is 0.0377. The summed E-state index contributed by atoms with van der Waals surface area (Å²) in [5, 5.41) is 7.70. The predicted octanol–water partition coefficient (Wildman–Crippen LogP) is 4.71. The van der Waals surface area contributed by atoms with Crippen LogP contribution in [0.3, 0.4) is 0 Å². The number of hydrogen-bond donors (Lipinski definition) is 1. The third kappa shape index (κ3) is 3.93. The zero-order chi connectivity index (χ0) is 18.6. The van der Waals surface area contributed by atoms with E-state index in [1.165, 1.54) is 11.1 Å². The number of nitrogens with one attached hydrogen (secondary N) is 1. The highest BCUT2D eigenvalue weighted by atomic mass is 32.2. The summed E-state index contributed by atoms with van der Waals surface area (Å²) in [6.07, 6.45) is 0.973. The maximum atomic E-state index is 13.0. The molecule has 2 aromatic carbocycles. The van der Waals surface area contributed by atoms with Gasteiger partial charge < -0.3 is 4.90 Å². The van der Waals surface area contributed by atoms with E-state index < -0.39 is 0 Å². The second-order valence-electron chi connectivity index (χ2n) is 6.83. The minimum absolute atomic E-state index is 0.0377. The van der Waals surface area contributed by atoms with E-state index in [1.54, 1.807) is 0 Å². The Morgan fingerprint density at radius 3 is 2.70 bits per heavy atom. The molecule has 1 saturated heterocycles. The number of amides is 1. The van der Waals surface area contributed by atoms with Crippen molar-refractivity contribution >= 4 is 17.7 Å². The first-order valence-corrected chi connectivity index (χ1v) is 10.3. The maximum absolute atomic E-state index is 13.0. The van der Waals surface area contributed by atoms with Gasteiger partial charge in [-0.3, -0.25) is 9.89 Å². The molecule has 27 heavy (non-hydrogen) atoms. The van der Waals surface area contributed by atoms with Crippen LogP contribution in [-0.2, 0) is 0 Å². The zero-order valence-corrected chi connectivity index (χ0v) is 16.2. The predicted molar refractivity (Wildman–Crippen MR) is 111 cm³/mol. The topological polar surface area (TPSA) is 49.0 Å². The van der Waals surface area contributed by atoms with Crippen molar-refractivity contribution in [2.75, 3.05) is 18.8 Å². The molecule has 0 radical (unpaired) electrons. The molecule has 1 N–H and O–H groups in total. The van der Waals surface area contributed by atoms with Crippen LogP contribution < -0.4 is 0 Å². The Balaban J connectivity index is 1.46. The molecule has 0 saturated carbocycles. The van der Waals surface area contributed by atoms with Crippen LogP contribution in [0.2, 0.25) is 0 Å². The minimum Gasteiger partial charge on any atom is -0.336 e.